The predicted molar refractivity (Wildman–Crippen MR) is 80.9 cm³/mol. The highest BCUT2D eigenvalue weighted by Gasteiger charge is 2.07. The van der Waals surface area contributed by atoms with Gasteiger partial charge in [-0.3, -0.25) is 4.68 Å². The highest BCUT2D eigenvalue weighted by molar-refractivity contribution is 7.98. The highest BCUT2D eigenvalue weighted by atomic mass is 35.5. The molecule has 2 rings (SSSR count). The lowest BCUT2D eigenvalue weighted by Gasteiger charge is -2.07. The van der Waals surface area contributed by atoms with Gasteiger partial charge in [-0.1, -0.05) is 11.6 Å². The molecule has 2 aromatic heterocycles. The van der Waals surface area contributed by atoms with Crippen molar-refractivity contribution in [2.45, 2.75) is 24.6 Å². The molecule has 0 atom stereocenters. The molecule has 0 radical (unpaired) electrons. The van der Waals surface area contributed by atoms with Gasteiger partial charge in [0.15, 0.2) is 0 Å². The van der Waals surface area contributed by atoms with E-state index in [4.69, 9.17) is 11.6 Å². The molecule has 2 aromatic rings. The van der Waals surface area contributed by atoms with Crippen molar-refractivity contribution in [1.82, 2.24) is 14.8 Å². The maximum absolute atomic E-state index is 6.18. The largest absolute Gasteiger partial charge is 0.370 e. The van der Waals surface area contributed by atoms with Crippen molar-refractivity contribution in [3.05, 3.63) is 34.6 Å². The van der Waals surface area contributed by atoms with Crippen molar-refractivity contribution < 1.29 is 0 Å². The van der Waals surface area contributed by atoms with Gasteiger partial charge in [-0.15, -0.1) is 11.8 Å². The fourth-order valence-electron chi connectivity index (χ4n) is 1.73. The zero-order valence-electron chi connectivity index (χ0n) is 11.3. The van der Waals surface area contributed by atoms with Gasteiger partial charge < -0.3 is 5.32 Å². The molecule has 6 heteroatoms. The molecule has 0 amide bonds. The van der Waals surface area contributed by atoms with Gasteiger partial charge in [0, 0.05) is 19.3 Å². The summed E-state index contributed by atoms with van der Waals surface area (Å²) in [5.41, 5.74) is 1.91. The summed E-state index contributed by atoms with van der Waals surface area (Å²) in [6.45, 7) is 4.88. The van der Waals surface area contributed by atoms with Gasteiger partial charge in [-0.2, -0.15) is 5.10 Å². The Morgan fingerprint density at radius 1 is 1.42 bits per heavy atom. The number of thioether (sulfide) groups is 1. The van der Waals surface area contributed by atoms with Crippen LogP contribution in [0.4, 0.5) is 5.82 Å². The number of nitrogens with zero attached hydrogens (tertiary/aromatic N) is 3. The Morgan fingerprint density at radius 2 is 2.21 bits per heavy atom. The average Bonchev–Trinajstić information content (AvgIpc) is 2.69. The van der Waals surface area contributed by atoms with E-state index in [1.54, 1.807) is 11.8 Å². The highest BCUT2D eigenvalue weighted by Crippen LogP contribution is 2.26. The number of pyridine rings is 1. The fraction of sp³-hybridized carbons (Fsp3) is 0.385. The zero-order chi connectivity index (χ0) is 13.8. The number of aromatic nitrogens is 3. The minimum absolute atomic E-state index is 0.702. The molecular weight excluding hydrogens is 280 g/mol. The third-order valence-corrected chi connectivity index (χ3v) is 4.03. The molecule has 0 spiro atoms. The maximum Gasteiger partial charge on any atom is 0.126 e. The molecule has 0 aromatic carbocycles. The lowest BCUT2D eigenvalue weighted by atomic mass is 10.3. The normalized spacial score (nSPS) is 10.7. The summed E-state index contributed by atoms with van der Waals surface area (Å²) < 4.78 is 1.88. The van der Waals surface area contributed by atoms with Gasteiger partial charge in [0.05, 0.1) is 21.4 Å². The van der Waals surface area contributed by atoms with Crippen LogP contribution < -0.4 is 5.32 Å². The van der Waals surface area contributed by atoms with Crippen molar-refractivity contribution in [3.8, 4) is 0 Å². The van der Waals surface area contributed by atoms with E-state index in [1.165, 1.54) is 0 Å². The van der Waals surface area contributed by atoms with Crippen molar-refractivity contribution in [2.75, 3.05) is 11.9 Å². The Balaban J connectivity index is 2.10. The van der Waals surface area contributed by atoms with Crippen molar-refractivity contribution in [3.63, 3.8) is 0 Å². The van der Waals surface area contributed by atoms with Crippen LogP contribution in [0, 0.1) is 6.92 Å². The van der Waals surface area contributed by atoms with Gasteiger partial charge in [0.25, 0.3) is 0 Å². The van der Waals surface area contributed by atoms with Gasteiger partial charge >= 0.3 is 0 Å². The summed E-state index contributed by atoms with van der Waals surface area (Å²) in [7, 11) is 1.94. The summed E-state index contributed by atoms with van der Waals surface area (Å²) >= 11 is 7.87. The Bertz CT molecular complexity index is 568. The number of halogens is 1. The van der Waals surface area contributed by atoms with E-state index >= 15 is 0 Å². The second-order valence-corrected chi connectivity index (χ2v) is 5.59. The fourth-order valence-corrected chi connectivity index (χ4v) is 2.97. The second kappa shape index (κ2) is 6.30. The molecule has 0 aliphatic heterocycles. The van der Waals surface area contributed by atoms with Crippen LogP contribution in [0.3, 0.4) is 0 Å². The first kappa shape index (κ1) is 14.2. The number of hydrogen-bond acceptors (Lipinski definition) is 4. The van der Waals surface area contributed by atoms with Crippen LogP contribution in [0.2, 0.25) is 5.02 Å². The summed E-state index contributed by atoms with van der Waals surface area (Å²) in [5.74, 6) is 1.60. The van der Waals surface area contributed by atoms with Gasteiger partial charge in [-0.25, -0.2) is 4.98 Å². The van der Waals surface area contributed by atoms with Crippen LogP contribution in [0.15, 0.2) is 23.2 Å². The molecule has 1 N–H and O–H groups in total. The van der Waals surface area contributed by atoms with Gasteiger partial charge in [0.1, 0.15) is 5.82 Å². The summed E-state index contributed by atoms with van der Waals surface area (Å²) in [6.07, 6.45) is 0. The lowest BCUT2D eigenvalue weighted by Crippen LogP contribution is -2.01. The third-order valence-electron chi connectivity index (χ3n) is 2.59. The molecule has 0 saturated heterocycles. The van der Waals surface area contributed by atoms with E-state index < -0.39 is 0 Å². The number of rotatable bonds is 5. The summed E-state index contributed by atoms with van der Waals surface area (Å²) in [6, 6.07) is 5.85. The molecular formula is C13H17ClN4S. The molecule has 19 heavy (non-hydrogen) atoms. The van der Waals surface area contributed by atoms with Crippen molar-refractivity contribution >= 4 is 29.2 Å². The first-order chi connectivity index (χ1) is 9.10. The Labute approximate surface area is 122 Å². The van der Waals surface area contributed by atoms with Crippen LogP contribution in [0.1, 0.15) is 18.3 Å². The monoisotopic (exact) mass is 296 g/mol. The molecule has 0 saturated carbocycles. The number of hydrogen-bond donors (Lipinski definition) is 1. The van der Waals surface area contributed by atoms with Crippen LogP contribution in [0.5, 0.6) is 0 Å². The zero-order valence-corrected chi connectivity index (χ0v) is 12.8. The van der Waals surface area contributed by atoms with E-state index in [2.05, 4.69) is 21.5 Å². The Hall–Kier alpha value is -1.20. The first-order valence-corrected chi connectivity index (χ1v) is 7.49. The Morgan fingerprint density at radius 3 is 2.84 bits per heavy atom. The van der Waals surface area contributed by atoms with Crippen molar-refractivity contribution in [2.24, 2.45) is 7.05 Å². The topological polar surface area (TPSA) is 42.7 Å². The van der Waals surface area contributed by atoms with Crippen LogP contribution >= 0.6 is 23.4 Å². The van der Waals surface area contributed by atoms with Crippen molar-refractivity contribution in [1.29, 1.82) is 0 Å². The Kier molecular flexibility index (Phi) is 4.71. The smallest absolute Gasteiger partial charge is 0.126 e. The number of nitrogens with one attached hydrogen (secondary N) is 1. The molecule has 0 aliphatic rings. The number of aryl methyl sites for hydroxylation is 2. The molecule has 2 heterocycles. The minimum Gasteiger partial charge on any atom is -0.370 e. The molecule has 4 nitrogen and oxygen atoms in total. The standard InChI is InChI=1S/C13H17ClN4S/c1-4-15-12-6-5-10(14)11(16-12)8-19-13-7-9(2)17-18(13)3/h5-7H,4,8H2,1-3H3,(H,15,16). The minimum atomic E-state index is 0.702. The van der Waals surface area contributed by atoms with Crippen LogP contribution in [0.25, 0.3) is 0 Å². The quantitative estimate of drug-likeness (QED) is 0.858. The van der Waals surface area contributed by atoms with E-state index in [1.807, 2.05) is 37.7 Å². The van der Waals surface area contributed by atoms with E-state index in [0.29, 0.717) is 5.02 Å². The van der Waals surface area contributed by atoms with E-state index in [-0.39, 0.29) is 0 Å². The molecule has 102 valence electrons. The SMILES string of the molecule is CCNc1ccc(Cl)c(CSc2cc(C)nn2C)n1. The maximum atomic E-state index is 6.18. The third kappa shape index (κ3) is 3.64. The molecule has 0 fully saturated rings. The van der Waals surface area contributed by atoms with Gasteiger partial charge in [0.2, 0.25) is 0 Å². The predicted octanol–water partition coefficient (Wildman–Crippen LogP) is 3.50. The average molecular weight is 297 g/mol. The van der Waals surface area contributed by atoms with Crippen LogP contribution in [-0.2, 0) is 12.8 Å². The van der Waals surface area contributed by atoms with Crippen LogP contribution in [-0.4, -0.2) is 21.3 Å². The van der Waals surface area contributed by atoms with E-state index in [0.717, 1.165) is 34.5 Å². The van der Waals surface area contributed by atoms with E-state index in [9.17, 15) is 0 Å². The lowest BCUT2D eigenvalue weighted by molar-refractivity contribution is 0.692. The van der Waals surface area contributed by atoms with Gasteiger partial charge in [-0.05, 0) is 32.0 Å². The number of anilines is 1. The summed E-state index contributed by atoms with van der Waals surface area (Å²) in [4.78, 5) is 4.52. The first-order valence-electron chi connectivity index (χ1n) is 6.13. The molecule has 0 aliphatic carbocycles. The summed E-state index contributed by atoms with van der Waals surface area (Å²) in [5, 5.41) is 9.33. The molecule has 0 unspecified atom stereocenters. The molecule has 0 bridgehead atoms. The second-order valence-electron chi connectivity index (χ2n) is 4.19.